The number of rotatable bonds is 5. The van der Waals surface area contributed by atoms with Crippen molar-refractivity contribution in [3.8, 4) is 0 Å². The summed E-state index contributed by atoms with van der Waals surface area (Å²) >= 11 is 0. The highest BCUT2D eigenvalue weighted by atomic mass is 16.3. The SMILES string of the molecule is C[C@H](CCC(=O)C(C)(C)O)[C@H]1CC[C@H]2[C@@H]3CC=C4C[C@@H](O)CC(O)[C@]4(C)[C@H]3CC[C@]12C. The number of aliphatic hydroxyl groups is 3. The third-order valence-corrected chi connectivity index (χ3v) is 10.4. The van der Waals surface area contributed by atoms with Crippen molar-refractivity contribution in [3.63, 3.8) is 0 Å². The van der Waals surface area contributed by atoms with Gasteiger partial charge in [0.1, 0.15) is 5.60 Å². The zero-order chi connectivity index (χ0) is 22.8. The third kappa shape index (κ3) is 3.75. The number of ketones is 1. The molecule has 0 aromatic rings. The highest BCUT2D eigenvalue weighted by Gasteiger charge is 2.60. The molecule has 0 amide bonds. The molecule has 0 spiro atoms. The Morgan fingerprint density at radius 3 is 2.58 bits per heavy atom. The van der Waals surface area contributed by atoms with Crippen LogP contribution in [0.25, 0.3) is 0 Å². The van der Waals surface area contributed by atoms with Crippen LogP contribution in [0.4, 0.5) is 0 Å². The first-order valence-electron chi connectivity index (χ1n) is 12.7. The molecule has 3 fully saturated rings. The lowest BCUT2D eigenvalue weighted by Crippen LogP contribution is -2.55. The van der Waals surface area contributed by atoms with Crippen molar-refractivity contribution < 1.29 is 20.1 Å². The van der Waals surface area contributed by atoms with Gasteiger partial charge in [-0.2, -0.15) is 0 Å². The number of allylic oxidation sites excluding steroid dienone is 1. The Hall–Kier alpha value is -0.710. The largest absolute Gasteiger partial charge is 0.393 e. The van der Waals surface area contributed by atoms with Gasteiger partial charge in [0, 0.05) is 18.3 Å². The first-order valence-corrected chi connectivity index (χ1v) is 12.7. The quantitative estimate of drug-likeness (QED) is 0.553. The van der Waals surface area contributed by atoms with E-state index in [4.69, 9.17) is 0 Å². The summed E-state index contributed by atoms with van der Waals surface area (Å²) in [6.45, 7) is 10.3. The van der Waals surface area contributed by atoms with Crippen molar-refractivity contribution >= 4 is 5.78 Å². The van der Waals surface area contributed by atoms with E-state index in [0.717, 1.165) is 25.7 Å². The van der Waals surface area contributed by atoms with Crippen molar-refractivity contribution in [2.75, 3.05) is 0 Å². The number of hydrogen-bond acceptors (Lipinski definition) is 4. The van der Waals surface area contributed by atoms with Gasteiger partial charge in [-0.05, 0) is 93.8 Å². The minimum atomic E-state index is -1.23. The Morgan fingerprint density at radius 2 is 1.90 bits per heavy atom. The second kappa shape index (κ2) is 7.95. The van der Waals surface area contributed by atoms with Gasteiger partial charge >= 0.3 is 0 Å². The van der Waals surface area contributed by atoms with Crippen LogP contribution in [0.15, 0.2) is 11.6 Å². The summed E-state index contributed by atoms with van der Waals surface area (Å²) in [4.78, 5) is 12.3. The highest BCUT2D eigenvalue weighted by Crippen LogP contribution is 2.67. The Bertz CT molecular complexity index is 736. The van der Waals surface area contributed by atoms with Crippen LogP contribution < -0.4 is 0 Å². The molecular weight excluding hydrogens is 388 g/mol. The van der Waals surface area contributed by atoms with E-state index in [2.05, 4.69) is 26.8 Å². The van der Waals surface area contributed by atoms with Crippen LogP contribution in [-0.4, -0.2) is 38.9 Å². The fraction of sp³-hybridized carbons (Fsp3) is 0.889. The summed E-state index contributed by atoms with van der Waals surface area (Å²) in [5, 5.41) is 31.3. The molecule has 0 heterocycles. The summed E-state index contributed by atoms with van der Waals surface area (Å²) in [5.74, 6) is 2.88. The molecule has 176 valence electrons. The number of hydrogen-bond donors (Lipinski definition) is 3. The van der Waals surface area contributed by atoms with Crippen LogP contribution in [0.2, 0.25) is 0 Å². The molecule has 0 bridgehead atoms. The van der Waals surface area contributed by atoms with Crippen LogP contribution in [0, 0.1) is 40.4 Å². The topological polar surface area (TPSA) is 77.8 Å². The van der Waals surface area contributed by atoms with Gasteiger partial charge in [0.2, 0.25) is 0 Å². The number of carbonyl (C=O) groups is 1. The molecule has 9 atom stereocenters. The van der Waals surface area contributed by atoms with E-state index in [1.54, 1.807) is 13.8 Å². The van der Waals surface area contributed by atoms with E-state index in [9.17, 15) is 20.1 Å². The maximum atomic E-state index is 12.3. The summed E-state index contributed by atoms with van der Waals surface area (Å²) < 4.78 is 0. The molecule has 31 heavy (non-hydrogen) atoms. The van der Waals surface area contributed by atoms with E-state index in [1.165, 1.54) is 24.8 Å². The maximum Gasteiger partial charge on any atom is 0.163 e. The first kappa shape index (κ1) is 23.4. The average molecular weight is 433 g/mol. The summed E-state index contributed by atoms with van der Waals surface area (Å²) in [6, 6.07) is 0. The minimum Gasteiger partial charge on any atom is -0.393 e. The Morgan fingerprint density at radius 1 is 1.19 bits per heavy atom. The maximum absolute atomic E-state index is 12.3. The second-order valence-corrected chi connectivity index (χ2v) is 12.5. The van der Waals surface area contributed by atoms with Gasteiger partial charge in [-0.15, -0.1) is 0 Å². The van der Waals surface area contributed by atoms with Crippen molar-refractivity contribution in [2.45, 2.75) is 110 Å². The smallest absolute Gasteiger partial charge is 0.163 e. The van der Waals surface area contributed by atoms with Crippen LogP contribution in [0.5, 0.6) is 0 Å². The van der Waals surface area contributed by atoms with Gasteiger partial charge < -0.3 is 15.3 Å². The lowest BCUT2D eigenvalue weighted by Gasteiger charge is -2.59. The molecule has 0 saturated heterocycles. The standard InChI is InChI=1S/C27H44O4/c1-16(6-11-23(29)25(2,3)31)20-9-10-21-19-8-7-17-14-18(28)15-24(30)27(17,5)22(19)12-13-26(20,21)4/h7,16,18-22,24,28,30-31H,6,8-15H2,1-5H3/t16-,18-,19+,20-,21+,22+,24?,26-,27+/m1/s1. The summed E-state index contributed by atoms with van der Waals surface area (Å²) in [6.07, 6.45) is 10.0. The van der Waals surface area contributed by atoms with Crippen molar-refractivity contribution in [3.05, 3.63) is 11.6 Å². The van der Waals surface area contributed by atoms with Crippen LogP contribution in [0.3, 0.4) is 0 Å². The van der Waals surface area contributed by atoms with E-state index < -0.39 is 17.8 Å². The molecular formula is C27H44O4. The van der Waals surface area contributed by atoms with Gasteiger partial charge in [-0.3, -0.25) is 4.79 Å². The van der Waals surface area contributed by atoms with E-state index in [1.807, 2.05) is 0 Å². The molecule has 0 aliphatic heterocycles. The monoisotopic (exact) mass is 432 g/mol. The normalized spacial score (nSPS) is 45.9. The molecule has 0 radical (unpaired) electrons. The predicted octanol–water partition coefficient (Wildman–Crippen LogP) is 4.65. The molecule has 1 unspecified atom stereocenters. The van der Waals surface area contributed by atoms with E-state index in [-0.39, 0.29) is 11.2 Å². The molecule has 4 aliphatic rings. The molecule has 3 N–H and O–H groups in total. The predicted molar refractivity (Wildman–Crippen MR) is 122 cm³/mol. The Balaban J connectivity index is 1.51. The van der Waals surface area contributed by atoms with Crippen LogP contribution >= 0.6 is 0 Å². The molecule has 4 aliphatic carbocycles. The van der Waals surface area contributed by atoms with Crippen molar-refractivity contribution in [1.29, 1.82) is 0 Å². The fourth-order valence-corrected chi connectivity index (χ4v) is 8.54. The number of aliphatic hydroxyl groups excluding tert-OH is 2. The number of carbonyl (C=O) groups excluding carboxylic acids is 1. The molecule has 0 aromatic heterocycles. The molecule has 0 aromatic carbocycles. The highest BCUT2D eigenvalue weighted by molar-refractivity contribution is 5.86. The lowest BCUT2D eigenvalue weighted by atomic mass is 9.46. The van der Waals surface area contributed by atoms with Crippen molar-refractivity contribution in [1.82, 2.24) is 0 Å². The minimum absolute atomic E-state index is 0.0471. The zero-order valence-corrected chi connectivity index (χ0v) is 20.2. The fourth-order valence-electron chi connectivity index (χ4n) is 8.54. The Kier molecular flexibility index (Phi) is 6.02. The zero-order valence-electron chi connectivity index (χ0n) is 20.2. The first-order chi connectivity index (χ1) is 14.4. The van der Waals surface area contributed by atoms with Crippen LogP contribution in [0.1, 0.15) is 92.4 Å². The van der Waals surface area contributed by atoms with Gasteiger partial charge in [0.25, 0.3) is 0 Å². The van der Waals surface area contributed by atoms with Gasteiger partial charge in [-0.25, -0.2) is 0 Å². The van der Waals surface area contributed by atoms with Gasteiger partial charge in [0.05, 0.1) is 12.2 Å². The molecule has 4 heteroatoms. The average Bonchev–Trinajstić information content (AvgIpc) is 3.03. The van der Waals surface area contributed by atoms with Gasteiger partial charge in [0.15, 0.2) is 5.78 Å². The third-order valence-electron chi connectivity index (χ3n) is 10.4. The summed E-state index contributed by atoms with van der Waals surface area (Å²) in [5.41, 5.74) is 0.207. The second-order valence-electron chi connectivity index (χ2n) is 12.5. The van der Waals surface area contributed by atoms with E-state index >= 15 is 0 Å². The Labute approximate surface area is 188 Å². The molecule has 3 saturated carbocycles. The van der Waals surface area contributed by atoms with Crippen molar-refractivity contribution in [2.24, 2.45) is 40.4 Å². The number of fused-ring (bicyclic) bond motifs is 5. The van der Waals surface area contributed by atoms with E-state index in [0.29, 0.717) is 47.8 Å². The lowest BCUT2D eigenvalue weighted by molar-refractivity contribution is -0.134. The molecule has 4 nitrogen and oxygen atoms in total. The number of Topliss-reactive ketones (excluding diaryl/α,β-unsaturated/α-hetero) is 1. The van der Waals surface area contributed by atoms with Gasteiger partial charge in [-0.1, -0.05) is 32.4 Å². The summed E-state index contributed by atoms with van der Waals surface area (Å²) in [7, 11) is 0. The molecule has 4 rings (SSSR count). The van der Waals surface area contributed by atoms with Crippen LogP contribution in [-0.2, 0) is 4.79 Å².